The van der Waals surface area contributed by atoms with Crippen LogP contribution < -0.4 is 63.4 Å². The number of allylic oxidation sites excluding steroid dienone is 3. The number of nitrogens with one attached hydrogen (secondary N) is 11. The van der Waals surface area contributed by atoms with E-state index in [2.05, 4.69) is 245 Å². The zero-order chi connectivity index (χ0) is 94.4. The normalized spacial score (nSPS) is 17.8. The van der Waals surface area contributed by atoms with E-state index in [0.717, 1.165) is 202 Å². The Morgan fingerprint density at radius 1 is 0.474 bits per heavy atom. The number of imidazole rings is 1. The molecule has 31 nitrogen and oxygen atoms in total. The second-order valence-electron chi connectivity index (χ2n) is 36.0. The Morgan fingerprint density at radius 3 is 1.37 bits per heavy atom. The summed E-state index contributed by atoms with van der Waals surface area (Å²) in [7, 11) is 13.0. The van der Waals surface area contributed by atoms with Crippen molar-refractivity contribution in [3.63, 3.8) is 0 Å². The second-order valence-corrected chi connectivity index (χ2v) is 36.0. The van der Waals surface area contributed by atoms with E-state index in [9.17, 15) is 9.90 Å². The third-order valence-corrected chi connectivity index (χ3v) is 25.1. The van der Waals surface area contributed by atoms with E-state index in [1.807, 2.05) is 131 Å². The van der Waals surface area contributed by atoms with Gasteiger partial charge in [0, 0.05) is 153 Å². The van der Waals surface area contributed by atoms with Gasteiger partial charge >= 0.3 is 0 Å². The number of hydrogen-bond acceptors (Lipinski definition) is 26. The van der Waals surface area contributed by atoms with E-state index < -0.39 is 0 Å². The summed E-state index contributed by atoms with van der Waals surface area (Å²) in [6, 6.07) is 39.4. The van der Waals surface area contributed by atoms with Gasteiger partial charge in [0.2, 0.25) is 23.8 Å². The number of carbonyl (C=O) groups is 1. The highest BCUT2D eigenvalue weighted by Gasteiger charge is 2.30. The van der Waals surface area contributed by atoms with E-state index >= 15 is 0 Å². The number of carbonyl (C=O) groups excluding carboxylic acids is 1. The van der Waals surface area contributed by atoms with Gasteiger partial charge in [0.25, 0.3) is 0 Å². The summed E-state index contributed by atoms with van der Waals surface area (Å²) in [6.07, 6.45) is 33.5. The number of benzene rings is 4. The molecule has 1 amide bonds. The molecule has 0 bridgehead atoms. The molecule has 702 valence electrons. The van der Waals surface area contributed by atoms with Crippen LogP contribution in [-0.4, -0.2) is 192 Å². The first-order valence-corrected chi connectivity index (χ1v) is 46.9. The lowest BCUT2D eigenvalue weighted by molar-refractivity contribution is -0.111. The number of anilines is 16. The summed E-state index contributed by atoms with van der Waals surface area (Å²) in [5.41, 5.74) is 16.7. The fourth-order valence-corrected chi connectivity index (χ4v) is 17.5. The number of aryl methyl sites for hydroxylation is 2. The zero-order valence-electron chi connectivity index (χ0n) is 79.7. The number of rotatable bonds is 35. The van der Waals surface area contributed by atoms with Crippen molar-refractivity contribution in [2.24, 2.45) is 0 Å². The molecule has 31 heteroatoms. The van der Waals surface area contributed by atoms with Crippen LogP contribution in [0, 0.1) is 0 Å². The first-order chi connectivity index (χ1) is 64.3. The quantitative estimate of drug-likeness (QED) is 0.0130. The lowest BCUT2D eigenvalue weighted by Crippen LogP contribution is -2.41. The summed E-state index contributed by atoms with van der Waals surface area (Å²) in [4.78, 5) is 54.8. The van der Waals surface area contributed by atoms with Gasteiger partial charge < -0.3 is 87.8 Å². The SMILES string of the molecule is C=CC(=C)Nc1cccc(Nc2cc(NC3CCC(N(C)C)CC3)nc3c(C(C)C)cnn23)c1.C=CC(=C)Nc1cccc(Nc2cc(NC3CCC(N(C)C)CC3)nc3c(CC)cnn23)c1.C=CC(=C)Nc1cccc(Nc2nc(NC3CCC(N(C)C)CC3)nc3c2ncn3C(C)C)c1.C=CC(=O)Nc1cccc(Nc2nc(N3CCCCC3CCO)nc3c(CC)cnn23)c1. The third-order valence-electron chi connectivity index (χ3n) is 25.1. The van der Waals surface area contributed by atoms with E-state index in [0.29, 0.717) is 77.9 Å². The Kier molecular flexibility index (Phi) is 33.6. The van der Waals surface area contributed by atoms with Gasteiger partial charge in [0.1, 0.15) is 23.3 Å². The van der Waals surface area contributed by atoms with Gasteiger partial charge in [-0.25, -0.2) is 15.0 Å². The molecule has 0 spiro atoms. The van der Waals surface area contributed by atoms with Crippen molar-refractivity contribution < 1.29 is 9.90 Å². The average Bonchev–Trinajstić information content (AvgIpc) is 1.22. The standard InChI is InChI=1S/C27H37N7.C26H36N8.C26H35N7.C23H29N7O2/c1-7-19(4)29-21-9-8-10-22(15-21)31-26-16-25(30-20-11-13-23(14-12-20)33(5)6)32-27-24(18(2)3)17-28-34(26)27;1-7-18(4)28-20-9-8-10-21(15-20)29-24-23-25(34(16-27-23)17(2)3)32-26(31-24)30-19-11-13-22(14-12-19)33(5)6;1-6-18(3)28-21-9-8-10-22(15-21)30-25-16-24(31-26-19(7-2)17-27-33(25)26)29-20-11-13-23(14-12-20)32(4)5;1-3-16-15-24-30-21(16)27-22(29-12-6-5-10-19(29)11-13-31)28-23(30)26-18-9-7-8-17(14-18)25-20(32)4-2/h7-10,15-18,20,23,29,31H,1,4,11-14H2,2-3,5-6H3,(H,30,32);7-10,15-17,19,22,28H,1,4,11-14H2,2-3,5-6H3,(H2,29,30,31,32);6,8-10,15-17,20,23,28,30H,1,3,7,11-14H2,2,4-5H3,(H,29,31);4,7-9,14-15,19,31H,2-3,5-6,10-13H2,1H3,(H,25,32)(H,26,27,28). The fraction of sp³-hybridized carbons (Fsp3) is 0.402. The molecule has 16 rings (SSSR count). The minimum Gasteiger partial charge on any atom is -0.396 e. The molecule has 0 radical (unpaired) electrons. The van der Waals surface area contributed by atoms with Crippen LogP contribution in [0.25, 0.3) is 28.1 Å². The maximum atomic E-state index is 11.7. The van der Waals surface area contributed by atoms with Crippen molar-refractivity contribution in [2.45, 2.75) is 211 Å². The van der Waals surface area contributed by atoms with Crippen molar-refractivity contribution in [1.29, 1.82) is 0 Å². The van der Waals surface area contributed by atoms with Gasteiger partial charge in [-0.3, -0.25) is 4.79 Å². The van der Waals surface area contributed by atoms with Crippen LogP contribution in [0.4, 0.5) is 92.4 Å². The number of aliphatic hydroxyl groups excluding tert-OH is 1. The highest BCUT2D eigenvalue weighted by atomic mass is 16.3. The van der Waals surface area contributed by atoms with E-state index in [1.165, 1.54) is 44.6 Å². The molecular weight excluding hydrogens is 1660 g/mol. The maximum Gasteiger partial charge on any atom is 0.247 e. The summed E-state index contributed by atoms with van der Waals surface area (Å²) >= 11 is 0. The summed E-state index contributed by atoms with van der Waals surface area (Å²) in [5.74, 6) is 6.12. The minimum atomic E-state index is -0.270. The van der Waals surface area contributed by atoms with Crippen LogP contribution >= 0.6 is 0 Å². The van der Waals surface area contributed by atoms with Gasteiger partial charge in [-0.05, 0) is 275 Å². The van der Waals surface area contributed by atoms with Crippen LogP contribution in [0.2, 0.25) is 0 Å². The number of fused-ring (bicyclic) bond motifs is 4. The molecule has 12 aromatic rings. The third kappa shape index (κ3) is 25.6. The number of aliphatic hydroxyl groups is 1. The molecule has 1 aliphatic heterocycles. The zero-order valence-corrected chi connectivity index (χ0v) is 79.7. The molecule has 3 aliphatic carbocycles. The van der Waals surface area contributed by atoms with Crippen LogP contribution in [-0.2, 0) is 17.6 Å². The topological polar surface area (TPSA) is 330 Å². The first-order valence-electron chi connectivity index (χ1n) is 46.9. The Labute approximate surface area is 783 Å². The Balaban J connectivity index is 0.000000151. The van der Waals surface area contributed by atoms with Gasteiger partial charge in [-0.2, -0.15) is 48.8 Å². The van der Waals surface area contributed by atoms with Gasteiger partial charge in [-0.1, -0.05) is 98.0 Å². The average molecular weight is 1800 g/mol. The highest BCUT2D eigenvalue weighted by Crippen LogP contribution is 2.36. The monoisotopic (exact) mass is 1800 g/mol. The van der Waals surface area contributed by atoms with Gasteiger partial charge in [0.05, 0.1) is 24.9 Å². The first kappa shape index (κ1) is 97.1. The van der Waals surface area contributed by atoms with Crippen molar-refractivity contribution in [3.8, 4) is 0 Å². The lowest BCUT2D eigenvalue weighted by Gasteiger charge is -2.35. The Bertz CT molecular complexity index is 5800. The largest absolute Gasteiger partial charge is 0.396 e. The molecule has 1 atom stereocenters. The predicted octanol–water partition coefficient (Wildman–Crippen LogP) is 20.3. The predicted molar refractivity (Wildman–Crippen MR) is 549 cm³/mol. The van der Waals surface area contributed by atoms with Crippen LogP contribution in [0.15, 0.2) is 222 Å². The van der Waals surface area contributed by atoms with Gasteiger partial charge in [-0.15, -0.1) is 0 Å². The molecule has 8 aromatic heterocycles. The molecule has 12 N–H and O–H groups in total. The summed E-state index contributed by atoms with van der Waals surface area (Å²) in [6.45, 7) is 40.4. The number of nitrogens with zero attached hydrogens (tertiary/aromatic N) is 18. The smallest absolute Gasteiger partial charge is 0.247 e. The van der Waals surface area contributed by atoms with Crippen molar-refractivity contribution in [3.05, 3.63) is 238 Å². The maximum absolute atomic E-state index is 11.7. The van der Waals surface area contributed by atoms with E-state index in [1.54, 1.807) is 22.7 Å². The minimum absolute atomic E-state index is 0.143. The van der Waals surface area contributed by atoms with E-state index in [4.69, 9.17) is 29.9 Å². The number of hydrogen-bond donors (Lipinski definition) is 12. The molecular formula is C102H137N29O2. The number of piperidine rings is 1. The second kappa shape index (κ2) is 46.1. The van der Waals surface area contributed by atoms with E-state index in [-0.39, 0.29) is 24.6 Å². The van der Waals surface area contributed by atoms with Gasteiger partial charge in [0.15, 0.2) is 33.9 Å². The number of amides is 1. The van der Waals surface area contributed by atoms with Crippen molar-refractivity contribution in [1.82, 2.24) is 83.0 Å². The molecule has 133 heavy (non-hydrogen) atoms. The molecule has 4 aromatic carbocycles. The molecule has 1 saturated heterocycles. The highest BCUT2D eigenvalue weighted by molar-refractivity contribution is 5.99. The Morgan fingerprint density at radius 2 is 0.910 bits per heavy atom. The summed E-state index contributed by atoms with van der Waals surface area (Å²) in [5, 5.41) is 60.7. The molecule has 4 fully saturated rings. The molecule has 9 heterocycles. The van der Waals surface area contributed by atoms with Crippen molar-refractivity contribution in [2.75, 3.05) is 119 Å². The molecule has 3 saturated carbocycles. The summed E-state index contributed by atoms with van der Waals surface area (Å²) < 4.78 is 7.58. The Hall–Kier alpha value is -13.5. The number of aromatic nitrogens is 14. The van der Waals surface area contributed by atoms with Crippen LogP contribution in [0.5, 0.6) is 0 Å². The lowest BCUT2D eigenvalue weighted by atomic mass is 9.90. The van der Waals surface area contributed by atoms with Crippen LogP contribution in [0.1, 0.15) is 173 Å². The van der Waals surface area contributed by atoms with Crippen molar-refractivity contribution >= 4 is 126 Å². The fourth-order valence-electron chi connectivity index (χ4n) is 17.5. The molecule has 1 unspecified atom stereocenters. The molecule has 4 aliphatic rings. The van der Waals surface area contributed by atoms with Crippen LogP contribution in [0.3, 0.4) is 0 Å².